The average molecular weight is 287 g/mol. The van der Waals surface area contributed by atoms with E-state index in [0.29, 0.717) is 12.5 Å². The largest absolute Gasteiger partial charge is 0.370 e. The summed E-state index contributed by atoms with van der Waals surface area (Å²) in [5.41, 5.74) is 8.91. The van der Waals surface area contributed by atoms with Crippen molar-refractivity contribution >= 4 is 11.6 Å². The Bertz CT molecular complexity index is 600. The van der Waals surface area contributed by atoms with Crippen LogP contribution < -0.4 is 11.1 Å². The van der Waals surface area contributed by atoms with Crippen LogP contribution in [-0.2, 0) is 6.54 Å². The molecule has 0 bridgehead atoms. The maximum Gasteiger partial charge on any atom is 0.188 e. The molecule has 5 nitrogen and oxygen atoms in total. The van der Waals surface area contributed by atoms with E-state index in [0.717, 1.165) is 30.0 Å². The van der Waals surface area contributed by atoms with E-state index in [4.69, 9.17) is 5.73 Å². The number of fused-ring (bicyclic) bond motifs is 1. The molecule has 0 spiro atoms. The van der Waals surface area contributed by atoms with Crippen molar-refractivity contribution in [3.8, 4) is 0 Å². The van der Waals surface area contributed by atoms with Gasteiger partial charge in [0, 0.05) is 18.4 Å². The van der Waals surface area contributed by atoms with Gasteiger partial charge in [0.15, 0.2) is 5.96 Å². The van der Waals surface area contributed by atoms with E-state index < -0.39 is 0 Å². The smallest absolute Gasteiger partial charge is 0.188 e. The minimum atomic E-state index is 0.500. The summed E-state index contributed by atoms with van der Waals surface area (Å²) < 4.78 is 2.07. The van der Waals surface area contributed by atoms with Crippen molar-refractivity contribution in [3.05, 3.63) is 35.8 Å². The molecule has 0 aliphatic rings. The number of aromatic nitrogens is 2. The molecule has 2 heterocycles. The number of aryl methyl sites for hydroxylation is 1. The maximum atomic E-state index is 5.86. The highest BCUT2D eigenvalue weighted by atomic mass is 15.1. The van der Waals surface area contributed by atoms with Gasteiger partial charge in [-0.25, -0.2) is 9.98 Å². The van der Waals surface area contributed by atoms with Crippen LogP contribution >= 0.6 is 0 Å². The van der Waals surface area contributed by atoms with E-state index in [2.05, 4.69) is 39.6 Å². The van der Waals surface area contributed by atoms with Crippen molar-refractivity contribution in [2.24, 2.45) is 10.7 Å². The SMILES string of the molecule is CCCCCCNC(N)=NCc1cn2c(C)cccc2n1. The van der Waals surface area contributed by atoms with Gasteiger partial charge in [-0.15, -0.1) is 0 Å². The first kappa shape index (κ1) is 15.4. The van der Waals surface area contributed by atoms with Gasteiger partial charge in [0.1, 0.15) is 5.65 Å². The lowest BCUT2D eigenvalue weighted by Gasteiger charge is -2.04. The lowest BCUT2D eigenvalue weighted by Crippen LogP contribution is -2.32. The zero-order chi connectivity index (χ0) is 15.1. The van der Waals surface area contributed by atoms with Crippen LogP contribution in [0.15, 0.2) is 29.4 Å². The first-order valence-electron chi connectivity index (χ1n) is 7.68. The molecule has 0 atom stereocenters. The molecule has 0 aliphatic heterocycles. The predicted octanol–water partition coefficient (Wildman–Crippen LogP) is 2.63. The van der Waals surface area contributed by atoms with E-state index in [9.17, 15) is 0 Å². The Morgan fingerprint density at radius 3 is 2.95 bits per heavy atom. The standard InChI is InChI=1S/C16H25N5/c1-3-4-5-6-10-18-16(17)19-11-14-12-21-13(2)8-7-9-15(21)20-14/h7-9,12H,3-6,10-11H2,1-2H3,(H3,17,18,19). The van der Waals surface area contributed by atoms with Crippen molar-refractivity contribution in [2.45, 2.75) is 46.1 Å². The van der Waals surface area contributed by atoms with Crippen LogP contribution in [0.1, 0.15) is 44.0 Å². The molecule has 21 heavy (non-hydrogen) atoms. The molecule has 2 rings (SSSR count). The number of nitrogens with two attached hydrogens (primary N) is 1. The van der Waals surface area contributed by atoms with Crippen LogP contribution in [-0.4, -0.2) is 21.9 Å². The quantitative estimate of drug-likeness (QED) is 0.467. The Hall–Kier alpha value is -2.04. The van der Waals surface area contributed by atoms with Gasteiger partial charge in [-0.3, -0.25) is 0 Å². The van der Waals surface area contributed by atoms with Crippen LogP contribution in [0.25, 0.3) is 5.65 Å². The predicted molar refractivity (Wildman–Crippen MR) is 87.4 cm³/mol. The third-order valence-corrected chi connectivity index (χ3v) is 3.49. The van der Waals surface area contributed by atoms with E-state index in [-0.39, 0.29) is 0 Å². The summed E-state index contributed by atoms with van der Waals surface area (Å²) in [5.74, 6) is 0.500. The summed E-state index contributed by atoms with van der Waals surface area (Å²) in [6, 6.07) is 6.07. The molecule has 3 N–H and O–H groups in total. The number of imidazole rings is 1. The number of aliphatic imine (C=N–C) groups is 1. The molecule has 114 valence electrons. The molecule has 0 aromatic carbocycles. The number of guanidine groups is 1. The van der Waals surface area contributed by atoms with Crippen LogP contribution in [0.4, 0.5) is 0 Å². The van der Waals surface area contributed by atoms with Gasteiger partial charge in [0.25, 0.3) is 0 Å². The molecule has 0 saturated heterocycles. The minimum absolute atomic E-state index is 0.500. The van der Waals surface area contributed by atoms with E-state index in [1.165, 1.54) is 19.3 Å². The minimum Gasteiger partial charge on any atom is -0.370 e. The fraction of sp³-hybridized carbons (Fsp3) is 0.500. The number of hydrogen-bond acceptors (Lipinski definition) is 2. The second kappa shape index (κ2) is 7.67. The van der Waals surface area contributed by atoms with Gasteiger partial charge in [0.05, 0.1) is 12.2 Å². The Kier molecular flexibility index (Phi) is 5.60. The summed E-state index contributed by atoms with van der Waals surface area (Å²) in [6.45, 7) is 5.67. The van der Waals surface area contributed by atoms with Gasteiger partial charge < -0.3 is 15.5 Å². The number of unbranched alkanes of at least 4 members (excludes halogenated alkanes) is 3. The second-order valence-electron chi connectivity index (χ2n) is 5.32. The van der Waals surface area contributed by atoms with Crippen molar-refractivity contribution in [3.63, 3.8) is 0 Å². The van der Waals surface area contributed by atoms with Crippen molar-refractivity contribution in [1.82, 2.24) is 14.7 Å². The van der Waals surface area contributed by atoms with Crippen molar-refractivity contribution in [1.29, 1.82) is 0 Å². The van der Waals surface area contributed by atoms with E-state index in [1.807, 2.05) is 18.3 Å². The molecule has 2 aromatic heterocycles. The topological polar surface area (TPSA) is 67.7 Å². The zero-order valence-corrected chi connectivity index (χ0v) is 13.0. The van der Waals surface area contributed by atoms with Gasteiger partial charge in [-0.05, 0) is 25.5 Å². The Labute approximate surface area is 126 Å². The molecule has 2 aromatic rings. The fourth-order valence-electron chi connectivity index (χ4n) is 2.27. The molecule has 0 fully saturated rings. The third kappa shape index (κ3) is 4.48. The summed E-state index contributed by atoms with van der Waals surface area (Å²) in [7, 11) is 0. The van der Waals surface area contributed by atoms with Crippen LogP contribution in [0.2, 0.25) is 0 Å². The van der Waals surface area contributed by atoms with Crippen LogP contribution in [0.3, 0.4) is 0 Å². The number of nitrogens with zero attached hydrogens (tertiary/aromatic N) is 3. The van der Waals surface area contributed by atoms with Crippen molar-refractivity contribution in [2.75, 3.05) is 6.54 Å². The Balaban J connectivity index is 1.85. The lowest BCUT2D eigenvalue weighted by molar-refractivity contribution is 0.652. The summed E-state index contributed by atoms with van der Waals surface area (Å²) in [5, 5.41) is 3.15. The zero-order valence-electron chi connectivity index (χ0n) is 13.0. The van der Waals surface area contributed by atoms with Gasteiger partial charge in [-0.2, -0.15) is 0 Å². The molecule has 0 radical (unpaired) electrons. The second-order valence-corrected chi connectivity index (χ2v) is 5.32. The molecule has 0 aliphatic carbocycles. The van der Waals surface area contributed by atoms with E-state index >= 15 is 0 Å². The average Bonchev–Trinajstić information content (AvgIpc) is 2.89. The normalized spacial score (nSPS) is 12.0. The van der Waals surface area contributed by atoms with Gasteiger partial charge >= 0.3 is 0 Å². The summed E-state index contributed by atoms with van der Waals surface area (Å²) >= 11 is 0. The number of rotatable bonds is 7. The first-order valence-corrected chi connectivity index (χ1v) is 7.68. The maximum absolute atomic E-state index is 5.86. The summed E-state index contributed by atoms with van der Waals surface area (Å²) in [6.07, 6.45) is 6.92. The number of hydrogen-bond donors (Lipinski definition) is 2. The van der Waals surface area contributed by atoms with Gasteiger partial charge in [-0.1, -0.05) is 32.3 Å². The highest BCUT2D eigenvalue weighted by Gasteiger charge is 2.02. The fourth-order valence-corrected chi connectivity index (χ4v) is 2.27. The third-order valence-electron chi connectivity index (χ3n) is 3.49. The monoisotopic (exact) mass is 287 g/mol. The Morgan fingerprint density at radius 2 is 2.19 bits per heavy atom. The molecule has 0 saturated carbocycles. The molecule has 0 amide bonds. The number of pyridine rings is 1. The molecule has 0 unspecified atom stereocenters. The van der Waals surface area contributed by atoms with Gasteiger partial charge in [0.2, 0.25) is 0 Å². The first-order chi connectivity index (χ1) is 10.2. The molecular formula is C16H25N5. The van der Waals surface area contributed by atoms with Crippen LogP contribution in [0.5, 0.6) is 0 Å². The molecule has 5 heteroatoms. The van der Waals surface area contributed by atoms with Crippen LogP contribution in [0, 0.1) is 6.92 Å². The van der Waals surface area contributed by atoms with Crippen molar-refractivity contribution < 1.29 is 0 Å². The number of nitrogens with one attached hydrogen (secondary N) is 1. The molecular weight excluding hydrogens is 262 g/mol. The lowest BCUT2D eigenvalue weighted by atomic mass is 10.2. The highest BCUT2D eigenvalue weighted by Crippen LogP contribution is 2.09. The Morgan fingerprint density at radius 1 is 1.33 bits per heavy atom. The highest BCUT2D eigenvalue weighted by molar-refractivity contribution is 5.77. The summed E-state index contributed by atoms with van der Waals surface area (Å²) in [4.78, 5) is 8.88. The van der Waals surface area contributed by atoms with E-state index in [1.54, 1.807) is 0 Å².